The summed E-state index contributed by atoms with van der Waals surface area (Å²) in [7, 11) is 1.95. The van der Waals surface area contributed by atoms with Crippen molar-refractivity contribution >= 4 is 0 Å². The van der Waals surface area contributed by atoms with Gasteiger partial charge in [0.25, 0.3) is 0 Å². The second kappa shape index (κ2) is 7.16. The van der Waals surface area contributed by atoms with Gasteiger partial charge in [-0.25, -0.2) is 4.39 Å². The fourth-order valence-electron chi connectivity index (χ4n) is 2.75. The van der Waals surface area contributed by atoms with Crippen molar-refractivity contribution in [2.75, 3.05) is 26.7 Å². The van der Waals surface area contributed by atoms with Crippen LogP contribution in [0.25, 0.3) is 0 Å². The summed E-state index contributed by atoms with van der Waals surface area (Å²) in [5.74, 6) is -0.175. The third-order valence-electron chi connectivity index (χ3n) is 4.02. The van der Waals surface area contributed by atoms with Crippen LogP contribution in [0, 0.1) is 5.82 Å². The van der Waals surface area contributed by atoms with Crippen molar-refractivity contribution in [2.24, 2.45) is 0 Å². The van der Waals surface area contributed by atoms with E-state index >= 15 is 0 Å². The van der Waals surface area contributed by atoms with E-state index < -0.39 is 0 Å². The first-order chi connectivity index (χ1) is 9.60. The van der Waals surface area contributed by atoms with Gasteiger partial charge in [0.2, 0.25) is 0 Å². The lowest BCUT2D eigenvalue weighted by Crippen LogP contribution is -2.53. The van der Waals surface area contributed by atoms with Crippen molar-refractivity contribution < 1.29 is 9.13 Å². The van der Waals surface area contributed by atoms with Crippen LogP contribution in [0.3, 0.4) is 0 Å². The fraction of sp³-hybridized carbons (Fsp3) is 0.625. The van der Waals surface area contributed by atoms with E-state index in [2.05, 4.69) is 24.1 Å². The molecule has 2 rings (SSSR count). The molecule has 1 fully saturated rings. The van der Waals surface area contributed by atoms with Gasteiger partial charge >= 0.3 is 0 Å². The van der Waals surface area contributed by atoms with Gasteiger partial charge in [0.15, 0.2) is 0 Å². The van der Waals surface area contributed by atoms with Gasteiger partial charge < -0.3 is 10.1 Å². The van der Waals surface area contributed by atoms with E-state index in [0.717, 1.165) is 31.7 Å². The molecular weight excluding hydrogens is 255 g/mol. The minimum absolute atomic E-state index is 0.152. The van der Waals surface area contributed by atoms with Crippen LogP contribution in [0.2, 0.25) is 0 Å². The largest absolute Gasteiger partial charge is 0.374 e. The molecule has 0 radical (unpaired) electrons. The van der Waals surface area contributed by atoms with Crippen LogP contribution >= 0.6 is 0 Å². The van der Waals surface area contributed by atoms with Crippen molar-refractivity contribution in [3.05, 3.63) is 35.6 Å². The molecule has 1 aliphatic heterocycles. The lowest BCUT2D eigenvalue weighted by molar-refractivity contribution is -0.0541. The summed E-state index contributed by atoms with van der Waals surface area (Å²) in [4.78, 5) is 2.43. The third-order valence-corrected chi connectivity index (χ3v) is 4.02. The number of halogens is 1. The number of hydrogen-bond acceptors (Lipinski definition) is 3. The summed E-state index contributed by atoms with van der Waals surface area (Å²) in [6.07, 6.45) is 0.935. The number of benzene rings is 1. The molecule has 1 N–H and O–H groups in total. The van der Waals surface area contributed by atoms with Gasteiger partial charge in [-0.15, -0.1) is 0 Å². The molecule has 1 heterocycles. The van der Waals surface area contributed by atoms with E-state index in [1.165, 1.54) is 6.07 Å². The zero-order chi connectivity index (χ0) is 14.5. The topological polar surface area (TPSA) is 24.5 Å². The first-order valence-corrected chi connectivity index (χ1v) is 7.37. The molecule has 20 heavy (non-hydrogen) atoms. The summed E-state index contributed by atoms with van der Waals surface area (Å²) in [6, 6.07) is 7.56. The molecule has 1 aliphatic rings. The van der Waals surface area contributed by atoms with E-state index in [4.69, 9.17) is 4.74 Å². The van der Waals surface area contributed by atoms with Gasteiger partial charge in [0.1, 0.15) is 5.82 Å². The molecule has 3 nitrogen and oxygen atoms in total. The number of hydrogen-bond donors (Lipinski definition) is 1. The molecule has 2 atom stereocenters. The Morgan fingerprint density at radius 1 is 1.45 bits per heavy atom. The number of morpholine rings is 1. The zero-order valence-electron chi connectivity index (χ0n) is 12.6. The maximum absolute atomic E-state index is 13.3. The SMILES string of the molecule is CNC(Cc1cccc(F)c1)C1CN(C(C)C)CCO1. The Bertz CT molecular complexity index is 425. The second-order valence-electron chi connectivity index (χ2n) is 5.73. The van der Waals surface area contributed by atoms with Gasteiger partial charge in [-0.2, -0.15) is 0 Å². The summed E-state index contributed by atoms with van der Waals surface area (Å²) in [6.45, 7) is 7.11. The van der Waals surface area contributed by atoms with E-state index in [-0.39, 0.29) is 18.0 Å². The summed E-state index contributed by atoms with van der Waals surface area (Å²) < 4.78 is 19.2. The number of likely N-dealkylation sites (N-methyl/N-ethyl adjacent to an activating group) is 1. The van der Waals surface area contributed by atoms with Crippen molar-refractivity contribution in [3.8, 4) is 0 Å². The van der Waals surface area contributed by atoms with Gasteiger partial charge in [0.05, 0.1) is 12.7 Å². The Hall–Kier alpha value is -0.970. The highest BCUT2D eigenvalue weighted by atomic mass is 19.1. The van der Waals surface area contributed by atoms with Crippen molar-refractivity contribution in [3.63, 3.8) is 0 Å². The molecule has 2 unspecified atom stereocenters. The first-order valence-electron chi connectivity index (χ1n) is 7.37. The molecule has 0 spiro atoms. The summed E-state index contributed by atoms with van der Waals surface area (Å²) in [5, 5.41) is 3.33. The fourth-order valence-corrected chi connectivity index (χ4v) is 2.75. The highest BCUT2D eigenvalue weighted by Crippen LogP contribution is 2.15. The molecule has 1 aromatic carbocycles. The monoisotopic (exact) mass is 280 g/mol. The van der Waals surface area contributed by atoms with Crippen LogP contribution in [0.5, 0.6) is 0 Å². The molecule has 0 bridgehead atoms. The van der Waals surface area contributed by atoms with Crippen molar-refractivity contribution in [1.82, 2.24) is 10.2 Å². The standard InChI is InChI=1S/C16H25FN2O/c1-12(2)19-7-8-20-16(11-19)15(18-3)10-13-5-4-6-14(17)9-13/h4-6,9,12,15-16,18H,7-8,10-11H2,1-3H3. The molecule has 4 heteroatoms. The van der Waals surface area contributed by atoms with E-state index in [1.807, 2.05) is 13.1 Å². The molecule has 1 aromatic rings. The highest BCUT2D eigenvalue weighted by Gasteiger charge is 2.28. The molecule has 0 saturated carbocycles. The van der Waals surface area contributed by atoms with Gasteiger partial charge in [-0.3, -0.25) is 4.90 Å². The maximum Gasteiger partial charge on any atom is 0.123 e. The molecule has 0 aliphatic carbocycles. The first kappa shape index (κ1) is 15.4. The predicted molar refractivity (Wildman–Crippen MR) is 79.4 cm³/mol. The molecular formula is C16H25FN2O. The smallest absolute Gasteiger partial charge is 0.123 e. The van der Waals surface area contributed by atoms with Crippen molar-refractivity contribution in [1.29, 1.82) is 0 Å². The Morgan fingerprint density at radius 2 is 2.25 bits per heavy atom. The molecule has 1 saturated heterocycles. The van der Waals surface area contributed by atoms with Crippen LogP contribution in [0.1, 0.15) is 19.4 Å². The Balaban J connectivity index is 2.00. The number of nitrogens with zero attached hydrogens (tertiary/aromatic N) is 1. The average Bonchev–Trinajstić information content (AvgIpc) is 2.45. The number of nitrogens with one attached hydrogen (secondary N) is 1. The van der Waals surface area contributed by atoms with Gasteiger partial charge in [0, 0.05) is 25.2 Å². The molecule has 0 aromatic heterocycles. The minimum atomic E-state index is -0.175. The quantitative estimate of drug-likeness (QED) is 0.893. The van der Waals surface area contributed by atoms with E-state index in [9.17, 15) is 4.39 Å². The number of rotatable bonds is 5. The van der Waals surface area contributed by atoms with Crippen LogP contribution in [0.4, 0.5) is 4.39 Å². The van der Waals surface area contributed by atoms with Gasteiger partial charge in [-0.05, 0) is 45.0 Å². The van der Waals surface area contributed by atoms with E-state index in [1.54, 1.807) is 12.1 Å². The molecule has 112 valence electrons. The molecule has 0 amide bonds. The lowest BCUT2D eigenvalue weighted by atomic mass is 9.99. The van der Waals surface area contributed by atoms with Crippen LogP contribution in [-0.2, 0) is 11.2 Å². The second-order valence-corrected chi connectivity index (χ2v) is 5.73. The predicted octanol–water partition coefficient (Wildman–Crippen LogP) is 2.07. The highest BCUT2D eigenvalue weighted by molar-refractivity contribution is 5.18. The maximum atomic E-state index is 13.3. The van der Waals surface area contributed by atoms with E-state index in [0.29, 0.717) is 6.04 Å². The Labute approximate surface area is 121 Å². The third kappa shape index (κ3) is 4.01. The average molecular weight is 280 g/mol. The summed E-state index contributed by atoms with van der Waals surface area (Å²) in [5.41, 5.74) is 1.01. The van der Waals surface area contributed by atoms with Crippen LogP contribution < -0.4 is 5.32 Å². The zero-order valence-corrected chi connectivity index (χ0v) is 12.6. The lowest BCUT2D eigenvalue weighted by Gasteiger charge is -2.39. The Kier molecular flexibility index (Phi) is 5.52. The van der Waals surface area contributed by atoms with Crippen molar-refractivity contribution in [2.45, 2.75) is 38.5 Å². The van der Waals surface area contributed by atoms with Crippen LogP contribution in [-0.4, -0.2) is 49.8 Å². The number of ether oxygens (including phenoxy) is 1. The minimum Gasteiger partial charge on any atom is -0.374 e. The van der Waals surface area contributed by atoms with Gasteiger partial charge in [-0.1, -0.05) is 12.1 Å². The summed E-state index contributed by atoms with van der Waals surface area (Å²) >= 11 is 0. The Morgan fingerprint density at radius 3 is 2.90 bits per heavy atom. The van der Waals surface area contributed by atoms with Crippen LogP contribution in [0.15, 0.2) is 24.3 Å². The normalized spacial score (nSPS) is 22.1.